The van der Waals surface area contributed by atoms with Gasteiger partial charge in [0, 0.05) is 10.5 Å². The van der Waals surface area contributed by atoms with Crippen LogP contribution in [0.15, 0.2) is 65.3 Å². The number of rotatable bonds is 4. The van der Waals surface area contributed by atoms with E-state index >= 15 is 0 Å². The molecule has 0 aliphatic carbocycles. The van der Waals surface area contributed by atoms with Crippen LogP contribution in [0.5, 0.6) is 0 Å². The van der Waals surface area contributed by atoms with Gasteiger partial charge in [0.1, 0.15) is 18.4 Å². The second-order valence-corrected chi connectivity index (χ2v) is 6.76. The van der Waals surface area contributed by atoms with Crippen LogP contribution in [0.4, 0.5) is 0 Å². The normalized spacial score (nSPS) is 20.3. The van der Waals surface area contributed by atoms with Gasteiger partial charge in [-0.1, -0.05) is 30.3 Å². The summed E-state index contributed by atoms with van der Waals surface area (Å²) in [5.41, 5.74) is -0.678. The topological polar surface area (TPSA) is 76.1 Å². The van der Waals surface area contributed by atoms with E-state index in [0.29, 0.717) is 11.1 Å². The standard InChI is InChI=1S/C19H15NO5S/c1-26-13-8-6-12(7-9-13)10-24-18(22)16-11-25-20-17(21)14-4-2-3-5-15(14)19(16,20)23/h2-9,11,23H,10H2,1H3. The van der Waals surface area contributed by atoms with E-state index in [0.717, 1.165) is 21.8 Å². The lowest BCUT2D eigenvalue weighted by Crippen LogP contribution is -2.42. The summed E-state index contributed by atoms with van der Waals surface area (Å²) in [5, 5.41) is 11.9. The molecule has 0 spiro atoms. The Morgan fingerprint density at radius 1 is 1.23 bits per heavy atom. The van der Waals surface area contributed by atoms with Gasteiger partial charge < -0.3 is 14.7 Å². The molecule has 0 aromatic heterocycles. The number of hydrogen-bond donors (Lipinski definition) is 1. The Bertz CT molecular complexity index is 924. The van der Waals surface area contributed by atoms with Crippen molar-refractivity contribution in [2.75, 3.05) is 6.26 Å². The summed E-state index contributed by atoms with van der Waals surface area (Å²) in [5.74, 6) is -1.25. The molecule has 1 atom stereocenters. The minimum Gasteiger partial charge on any atom is -0.457 e. The van der Waals surface area contributed by atoms with Crippen LogP contribution in [0.3, 0.4) is 0 Å². The third-order valence-corrected chi connectivity index (χ3v) is 5.16. The largest absolute Gasteiger partial charge is 0.457 e. The third-order valence-electron chi connectivity index (χ3n) is 4.41. The third kappa shape index (κ3) is 2.40. The predicted molar refractivity (Wildman–Crippen MR) is 93.7 cm³/mol. The second kappa shape index (κ2) is 6.19. The molecule has 0 radical (unpaired) electrons. The number of hydrogen-bond acceptors (Lipinski definition) is 6. The van der Waals surface area contributed by atoms with Gasteiger partial charge in [-0.2, -0.15) is 0 Å². The number of fused-ring (bicyclic) bond motifs is 3. The van der Waals surface area contributed by atoms with Gasteiger partial charge >= 0.3 is 5.97 Å². The Hall–Kier alpha value is -2.77. The zero-order valence-corrected chi connectivity index (χ0v) is 14.7. The molecule has 2 aromatic rings. The summed E-state index contributed by atoms with van der Waals surface area (Å²) in [6.45, 7) is 0.0521. The number of amides is 1. The Labute approximate surface area is 154 Å². The lowest BCUT2D eigenvalue weighted by atomic mass is 9.95. The van der Waals surface area contributed by atoms with Gasteiger partial charge in [0.15, 0.2) is 0 Å². The summed E-state index contributed by atoms with van der Waals surface area (Å²) in [4.78, 5) is 31.1. The highest BCUT2D eigenvalue weighted by Gasteiger charge is 2.59. The maximum atomic E-state index is 12.5. The lowest BCUT2D eigenvalue weighted by molar-refractivity contribution is -0.188. The molecule has 2 aromatic carbocycles. The molecule has 1 unspecified atom stereocenters. The summed E-state index contributed by atoms with van der Waals surface area (Å²) in [6.07, 6.45) is 3.04. The highest BCUT2D eigenvalue weighted by Crippen LogP contribution is 2.46. The molecule has 2 aliphatic rings. The smallest absolute Gasteiger partial charge is 0.343 e. The van der Waals surface area contributed by atoms with Gasteiger partial charge in [-0.25, -0.2) is 4.79 Å². The molecule has 26 heavy (non-hydrogen) atoms. The highest BCUT2D eigenvalue weighted by molar-refractivity contribution is 7.98. The van der Waals surface area contributed by atoms with Crippen LogP contribution in [0.1, 0.15) is 21.5 Å². The van der Waals surface area contributed by atoms with Crippen LogP contribution in [-0.4, -0.2) is 28.3 Å². The van der Waals surface area contributed by atoms with E-state index in [1.165, 1.54) is 0 Å². The van der Waals surface area contributed by atoms with Crippen LogP contribution in [0.2, 0.25) is 0 Å². The average Bonchev–Trinajstić information content (AvgIpc) is 3.13. The summed E-state index contributed by atoms with van der Waals surface area (Å²) < 4.78 is 5.32. The fourth-order valence-corrected chi connectivity index (χ4v) is 3.45. The van der Waals surface area contributed by atoms with Crippen LogP contribution in [-0.2, 0) is 26.7 Å². The van der Waals surface area contributed by atoms with Gasteiger partial charge in [0.2, 0.25) is 5.72 Å². The first-order chi connectivity index (χ1) is 12.6. The molecule has 132 valence electrons. The highest BCUT2D eigenvalue weighted by atomic mass is 32.2. The molecule has 1 N–H and O–H groups in total. The lowest BCUT2D eigenvalue weighted by Gasteiger charge is -2.25. The molecule has 2 aliphatic heterocycles. The number of thioether (sulfide) groups is 1. The first-order valence-corrected chi connectivity index (χ1v) is 9.12. The summed E-state index contributed by atoms with van der Waals surface area (Å²) in [6, 6.07) is 14.1. The Morgan fingerprint density at radius 3 is 2.69 bits per heavy atom. The van der Waals surface area contributed by atoms with E-state index in [4.69, 9.17) is 9.57 Å². The van der Waals surface area contributed by atoms with Crippen molar-refractivity contribution in [2.24, 2.45) is 0 Å². The molecule has 1 amide bonds. The Balaban J connectivity index is 1.54. The maximum absolute atomic E-state index is 12.5. The van der Waals surface area contributed by atoms with Gasteiger partial charge in [-0.05, 0) is 30.0 Å². The first-order valence-electron chi connectivity index (χ1n) is 7.89. The van der Waals surface area contributed by atoms with E-state index < -0.39 is 17.6 Å². The first kappa shape index (κ1) is 16.7. The fourth-order valence-electron chi connectivity index (χ4n) is 3.04. The minimum atomic E-state index is -1.96. The number of aliphatic hydroxyl groups is 1. The Morgan fingerprint density at radius 2 is 1.96 bits per heavy atom. The molecule has 6 nitrogen and oxygen atoms in total. The quantitative estimate of drug-likeness (QED) is 0.659. The van der Waals surface area contributed by atoms with Crippen LogP contribution in [0, 0.1) is 0 Å². The van der Waals surface area contributed by atoms with Gasteiger partial charge in [0.05, 0.1) is 5.56 Å². The minimum absolute atomic E-state index is 0.0521. The Kier molecular flexibility index (Phi) is 3.97. The second-order valence-electron chi connectivity index (χ2n) is 5.88. The SMILES string of the molecule is CSc1ccc(COC(=O)C2=CON3C(=O)c4ccccc4C23O)cc1. The van der Waals surface area contributed by atoms with Gasteiger partial charge in [0.25, 0.3) is 5.91 Å². The molecule has 0 fully saturated rings. The zero-order chi connectivity index (χ0) is 18.3. The van der Waals surface area contributed by atoms with Gasteiger partial charge in [-0.15, -0.1) is 16.8 Å². The zero-order valence-electron chi connectivity index (χ0n) is 13.8. The van der Waals surface area contributed by atoms with Crippen LogP contribution >= 0.6 is 11.8 Å². The van der Waals surface area contributed by atoms with Crippen molar-refractivity contribution in [3.63, 3.8) is 0 Å². The number of carbonyl (C=O) groups excluding carboxylic acids is 2. The van der Waals surface area contributed by atoms with E-state index in [1.54, 1.807) is 36.0 Å². The number of hydroxylamine groups is 2. The molecule has 0 saturated heterocycles. The van der Waals surface area contributed by atoms with Crippen molar-refractivity contribution in [3.8, 4) is 0 Å². The van der Waals surface area contributed by atoms with Crippen molar-refractivity contribution < 1.29 is 24.3 Å². The van der Waals surface area contributed by atoms with Crippen LogP contribution in [0.25, 0.3) is 0 Å². The molecule has 4 rings (SSSR count). The van der Waals surface area contributed by atoms with E-state index in [2.05, 4.69) is 0 Å². The van der Waals surface area contributed by atoms with Gasteiger partial charge in [-0.3, -0.25) is 4.79 Å². The number of nitrogens with zero attached hydrogens (tertiary/aromatic N) is 1. The van der Waals surface area contributed by atoms with E-state index in [1.807, 2.05) is 30.5 Å². The van der Waals surface area contributed by atoms with Crippen molar-refractivity contribution in [1.29, 1.82) is 0 Å². The average molecular weight is 369 g/mol. The van der Waals surface area contributed by atoms with Crippen molar-refractivity contribution in [3.05, 3.63) is 77.1 Å². The molecular weight excluding hydrogens is 354 g/mol. The van der Waals surface area contributed by atoms with E-state index in [9.17, 15) is 14.7 Å². The fraction of sp³-hybridized carbons (Fsp3) is 0.158. The molecule has 7 heteroatoms. The molecule has 0 bridgehead atoms. The van der Waals surface area contributed by atoms with Crippen LogP contribution < -0.4 is 0 Å². The summed E-state index contributed by atoms with van der Waals surface area (Å²) >= 11 is 1.62. The molecule has 0 saturated carbocycles. The maximum Gasteiger partial charge on any atom is 0.343 e. The number of ether oxygens (including phenoxy) is 1. The van der Waals surface area contributed by atoms with Crippen molar-refractivity contribution in [2.45, 2.75) is 17.2 Å². The molecule has 2 heterocycles. The predicted octanol–water partition coefficient (Wildman–Crippen LogP) is 2.58. The number of benzene rings is 2. The van der Waals surface area contributed by atoms with Crippen molar-refractivity contribution in [1.82, 2.24) is 5.06 Å². The molecular formula is C19H15NO5S. The number of carbonyl (C=O) groups is 2. The monoisotopic (exact) mass is 369 g/mol. The number of esters is 1. The summed E-state index contributed by atoms with van der Waals surface area (Å²) in [7, 11) is 0. The van der Waals surface area contributed by atoms with E-state index in [-0.39, 0.29) is 12.2 Å². The van der Waals surface area contributed by atoms with Crippen molar-refractivity contribution >= 4 is 23.6 Å².